The lowest BCUT2D eigenvalue weighted by Gasteiger charge is -2.28. The van der Waals surface area contributed by atoms with E-state index in [4.69, 9.17) is 5.73 Å². The van der Waals surface area contributed by atoms with Gasteiger partial charge in [-0.25, -0.2) is 0 Å². The zero-order valence-electron chi connectivity index (χ0n) is 12.5. The summed E-state index contributed by atoms with van der Waals surface area (Å²) in [5.74, 6) is 0.948. The largest absolute Gasteiger partial charge is 0.307 e. The van der Waals surface area contributed by atoms with E-state index in [1.165, 1.54) is 0 Å². The number of nitriles is 1. The molecule has 5 nitrogen and oxygen atoms in total. The van der Waals surface area contributed by atoms with Crippen LogP contribution >= 0.6 is 11.8 Å². The van der Waals surface area contributed by atoms with E-state index in [1.54, 1.807) is 18.0 Å². The molecule has 0 bridgehead atoms. The standard InChI is InChI=1S/C14H25N5S/c1-4-17-19-12-5-9(2)11(18-13(16)20-3)6-10-7-14(10,12)8-15/h4,9-13,18-19H,5-7,16H2,1-3H3/b17-4+/t9-,10?,11+,12+,13?,14-/m1/s1. The van der Waals surface area contributed by atoms with E-state index in [9.17, 15) is 5.26 Å². The van der Waals surface area contributed by atoms with Crippen molar-refractivity contribution in [3.63, 3.8) is 0 Å². The maximum Gasteiger partial charge on any atom is 0.103 e. The van der Waals surface area contributed by atoms with Gasteiger partial charge in [-0.1, -0.05) is 6.92 Å². The molecule has 0 aromatic carbocycles. The van der Waals surface area contributed by atoms with Gasteiger partial charge in [0.05, 0.1) is 17.5 Å². The molecule has 112 valence electrons. The lowest BCUT2D eigenvalue weighted by molar-refractivity contribution is 0.303. The van der Waals surface area contributed by atoms with Crippen molar-refractivity contribution in [2.45, 2.75) is 50.7 Å². The Hall–Kier alpha value is -0.770. The Kier molecular flexibility index (Phi) is 4.95. The number of nitrogens with two attached hydrogens (primary N) is 1. The molecule has 20 heavy (non-hydrogen) atoms. The fraction of sp³-hybridized carbons (Fsp3) is 0.857. The molecule has 0 radical (unpaired) electrons. The Morgan fingerprint density at radius 2 is 2.30 bits per heavy atom. The van der Waals surface area contributed by atoms with Crippen molar-refractivity contribution >= 4 is 18.0 Å². The lowest BCUT2D eigenvalue weighted by Crippen LogP contribution is -2.45. The summed E-state index contributed by atoms with van der Waals surface area (Å²) in [6, 6.07) is 3.10. The second kappa shape index (κ2) is 6.33. The Morgan fingerprint density at radius 1 is 1.55 bits per heavy atom. The Bertz CT molecular complexity index is 407. The van der Waals surface area contributed by atoms with Crippen LogP contribution in [0, 0.1) is 28.6 Å². The van der Waals surface area contributed by atoms with Gasteiger partial charge in [0.1, 0.15) is 5.50 Å². The molecule has 6 atom stereocenters. The van der Waals surface area contributed by atoms with Crippen LogP contribution in [0.3, 0.4) is 0 Å². The molecule has 2 saturated carbocycles. The van der Waals surface area contributed by atoms with E-state index in [0.717, 1.165) is 19.3 Å². The average molecular weight is 295 g/mol. The topological polar surface area (TPSA) is 86.2 Å². The number of hydrogen-bond donors (Lipinski definition) is 3. The van der Waals surface area contributed by atoms with Crippen LogP contribution in [0.5, 0.6) is 0 Å². The van der Waals surface area contributed by atoms with Crippen LogP contribution in [0.15, 0.2) is 5.10 Å². The van der Waals surface area contributed by atoms with Crippen LogP contribution in [0.25, 0.3) is 0 Å². The highest BCUT2D eigenvalue weighted by Crippen LogP contribution is 2.60. The van der Waals surface area contributed by atoms with Crippen LogP contribution in [-0.4, -0.2) is 30.1 Å². The van der Waals surface area contributed by atoms with Crippen molar-refractivity contribution in [3.8, 4) is 6.07 Å². The van der Waals surface area contributed by atoms with E-state index >= 15 is 0 Å². The van der Waals surface area contributed by atoms with Gasteiger partial charge in [-0.05, 0) is 44.3 Å². The fourth-order valence-electron chi connectivity index (χ4n) is 3.41. The first kappa shape index (κ1) is 15.6. The minimum Gasteiger partial charge on any atom is -0.307 e. The molecule has 0 heterocycles. The highest BCUT2D eigenvalue weighted by Gasteiger charge is 2.62. The van der Waals surface area contributed by atoms with Crippen LogP contribution in [0.2, 0.25) is 0 Å². The molecule has 2 aliphatic carbocycles. The Morgan fingerprint density at radius 3 is 2.90 bits per heavy atom. The molecule has 0 aliphatic heterocycles. The van der Waals surface area contributed by atoms with E-state index in [2.05, 4.69) is 28.8 Å². The summed E-state index contributed by atoms with van der Waals surface area (Å²) in [6.07, 6.45) is 6.74. The van der Waals surface area contributed by atoms with Gasteiger partial charge in [0.2, 0.25) is 0 Å². The smallest absolute Gasteiger partial charge is 0.103 e. The van der Waals surface area contributed by atoms with E-state index in [0.29, 0.717) is 17.9 Å². The third-order valence-electron chi connectivity index (χ3n) is 4.81. The first-order valence-corrected chi connectivity index (χ1v) is 8.55. The maximum atomic E-state index is 9.60. The molecule has 0 aromatic rings. The van der Waals surface area contributed by atoms with Gasteiger partial charge in [-0.3, -0.25) is 5.32 Å². The van der Waals surface area contributed by atoms with Gasteiger partial charge < -0.3 is 11.2 Å². The molecule has 6 heteroatoms. The van der Waals surface area contributed by atoms with Gasteiger partial charge in [-0.15, -0.1) is 11.8 Å². The zero-order chi connectivity index (χ0) is 14.8. The summed E-state index contributed by atoms with van der Waals surface area (Å²) in [5.41, 5.74) is 8.95. The molecular formula is C14H25N5S. The molecule has 2 unspecified atom stereocenters. The quantitative estimate of drug-likeness (QED) is 0.406. The Labute approximate surface area is 125 Å². The highest BCUT2D eigenvalue weighted by molar-refractivity contribution is 7.99. The number of nitrogens with zero attached hydrogens (tertiary/aromatic N) is 2. The molecule has 2 aliphatic rings. The van der Waals surface area contributed by atoms with Gasteiger partial charge in [0.25, 0.3) is 0 Å². The number of fused-ring (bicyclic) bond motifs is 1. The maximum absolute atomic E-state index is 9.60. The zero-order valence-corrected chi connectivity index (χ0v) is 13.3. The number of rotatable bonds is 5. The summed E-state index contributed by atoms with van der Waals surface area (Å²) in [5, 5.41) is 17.3. The summed E-state index contributed by atoms with van der Waals surface area (Å²) >= 11 is 1.62. The highest BCUT2D eigenvalue weighted by atomic mass is 32.2. The number of thioether (sulfide) groups is 1. The average Bonchev–Trinajstić information content (AvgIpc) is 3.16. The number of hydrogen-bond acceptors (Lipinski definition) is 6. The van der Waals surface area contributed by atoms with Crippen molar-refractivity contribution in [1.82, 2.24) is 10.7 Å². The second-order valence-corrected chi connectivity index (χ2v) is 6.98. The summed E-state index contributed by atoms with van der Waals surface area (Å²) in [6.45, 7) is 4.13. The van der Waals surface area contributed by atoms with Gasteiger partial charge in [-0.2, -0.15) is 10.4 Å². The Balaban J connectivity index is 2.10. The first-order chi connectivity index (χ1) is 9.57. The molecule has 0 amide bonds. The van der Waals surface area contributed by atoms with E-state index in [1.807, 2.05) is 13.2 Å². The summed E-state index contributed by atoms with van der Waals surface area (Å²) in [7, 11) is 0. The van der Waals surface area contributed by atoms with E-state index in [-0.39, 0.29) is 17.0 Å². The molecule has 2 rings (SSSR count). The molecular weight excluding hydrogens is 270 g/mol. The molecule has 2 fully saturated rings. The molecule has 0 spiro atoms. The van der Waals surface area contributed by atoms with Crippen molar-refractivity contribution < 1.29 is 0 Å². The molecule has 4 N–H and O–H groups in total. The van der Waals surface area contributed by atoms with Gasteiger partial charge >= 0.3 is 0 Å². The van der Waals surface area contributed by atoms with Gasteiger partial charge in [0, 0.05) is 12.3 Å². The van der Waals surface area contributed by atoms with Crippen molar-refractivity contribution in [1.29, 1.82) is 5.26 Å². The molecule has 0 aromatic heterocycles. The number of nitrogens with one attached hydrogen (secondary N) is 2. The van der Waals surface area contributed by atoms with Crippen LogP contribution in [0.1, 0.15) is 33.1 Å². The second-order valence-electron chi connectivity index (χ2n) is 6.00. The minimum absolute atomic E-state index is 0.0316. The van der Waals surface area contributed by atoms with Crippen LogP contribution < -0.4 is 16.5 Å². The number of hydrazone groups is 1. The van der Waals surface area contributed by atoms with Crippen molar-refractivity contribution in [2.75, 3.05) is 6.26 Å². The monoisotopic (exact) mass is 295 g/mol. The third kappa shape index (κ3) is 2.95. The predicted octanol–water partition coefficient (Wildman–Crippen LogP) is 1.47. The van der Waals surface area contributed by atoms with Gasteiger partial charge in [0.15, 0.2) is 0 Å². The summed E-state index contributed by atoms with van der Waals surface area (Å²) < 4.78 is 0. The predicted molar refractivity (Wildman–Crippen MR) is 84.1 cm³/mol. The molecule has 0 saturated heterocycles. The first-order valence-electron chi connectivity index (χ1n) is 7.26. The fourth-order valence-corrected chi connectivity index (χ4v) is 3.72. The van der Waals surface area contributed by atoms with Crippen LogP contribution in [0.4, 0.5) is 0 Å². The minimum atomic E-state index is -0.222. The van der Waals surface area contributed by atoms with Crippen molar-refractivity contribution in [3.05, 3.63) is 0 Å². The van der Waals surface area contributed by atoms with E-state index < -0.39 is 0 Å². The summed E-state index contributed by atoms with van der Waals surface area (Å²) in [4.78, 5) is 0. The van der Waals surface area contributed by atoms with Crippen molar-refractivity contribution in [2.24, 2.45) is 28.1 Å². The lowest BCUT2D eigenvalue weighted by atomic mass is 9.89. The normalized spacial score (nSPS) is 41.5. The van der Waals surface area contributed by atoms with Crippen LogP contribution in [-0.2, 0) is 0 Å². The third-order valence-corrected chi connectivity index (χ3v) is 5.45. The SMILES string of the molecule is C/C=N/N[C@H]1C[C@@H](C)[C@@H](NC(N)SC)CC2C[C@@]21C#N.